The smallest absolute Gasteiger partial charge is 0.239 e. The first-order valence-electron chi connectivity index (χ1n) is 6.69. The molecule has 1 N–H and O–H groups in total. The van der Waals surface area contributed by atoms with Gasteiger partial charge < -0.3 is 4.52 Å². The molecule has 0 spiro atoms. The first-order valence-corrected chi connectivity index (χ1v) is 6.69. The zero-order valence-corrected chi connectivity index (χ0v) is 10.8. The van der Waals surface area contributed by atoms with Crippen molar-refractivity contribution >= 4 is 0 Å². The van der Waals surface area contributed by atoms with E-state index in [4.69, 9.17) is 4.52 Å². The molecule has 0 bridgehead atoms. The fourth-order valence-corrected chi connectivity index (χ4v) is 2.80. The Bertz CT molecular complexity index is 719. The third-order valence-electron chi connectivity index (χ3n) is 3.74. The van der Waals surface area contributed by atoms with Crippen LogP contribution in [0.15, 0.2) is 35.1 Å². The van der Waals surface area contributed by atoms with E-state index in [1.165, 1.54) is 17.5 Å². The van der Waals surface area contributed by atoms with Gasteiger partial charge in [0, 0.05) is 0 Å². The van der Waals surface area contributed by atoms with E-state index in [-0.39, 0.29) is 5.92 Å². The van der Waals surface area contributed by atoms with Crippen LogP contribution in [-0.4, -0.2) is 25.3 Å². The summed E-state index contributed by atoms with van der Waals surface area (Å²) in [7, 11) is 0. The SMILES string of the molecule is c1ccc2c(c1)CCCC2c1nc(-c2ncn[nH]2)no1. The van der Waals surface area contributed by atoms with Gasteiger partial charge in [0.15, 0.2) is 5.82 Å². The largest absolute Gasteiger partial charge is 0.338 e. The van der Waals surface area contributed by atoms with Crippen LogP contribution in [0.25, 0.3) is 11.6 Å². The Labute approximate surface area is 115 Å². The van der Waals surface area contributed by atoms with Crippen molar-refractivity contribution in [1.82, 2.24) is 25.3 Å². The van der Waals surface area contributed by atoms with Crippen molar-refractivity contribution in [1.29, 1.82) is 0 Å². The molecule has 3 aromatic rings. The van der Waals surface area contributed by atoms with E-state index in [0.29, 0.717) is 17.5 Å². The highest BCUT2D eigenvalue weighted by molar-refractivity contribution is 5.41. The van der Waals surface area contributed by atoms with Crippen molar-refractivity contribution in [2.24, 2.45) is 0 Å². The molecule has 6 nitrogen and oxygen atoms in total. The Morgan fingerprint density at radius 1 is 1.25 bits per heavy atom. The molecule has 0 fully saturated rings. The average Bonchev–Trinajstić information content (AvgIpc) is 3.17. The number of aromatic amines is 1. The van der Waals surface area contributed by atoms with Crippen LogP contribution in [0.3, 0.4) is 0 Å². The molecular weight excluding hydrogens is 254 g/mol. The number of aromatic nitrogens is 5. The topological polar surface area (TPSA) is 80.5 Å². The molecule has 1 unspecified atom stereocenters. The van der Waals surface area contributed by atoms with Crippen LogP contribution in [0.1, 0.15) is 35.8 Å². The summed E-state index contributed by atoms with van der Waals surface area (Å²) in [6.07, 6.45) is 4.73. The standard InChI is InChI=1S/C14H13N5O/c1-2-6-10-9(4-1)5-3-7-11(10)14-17-13(19-20-14)12-15-8-16-18-12/h1-2,4,6,8,11H,3,5,7H2,(H,15,16,18). The molecule has 1 aromatic carbocycles. The molecule has 1 atom stereocenters. The second-order valence-corrected chi connectivity index (χ2v) is 4.93. The van der Waals surface area contributed by atoms with Gasteiger partial charge in [0.05, 0.1) is 5.92 Å². The average molecular weight is 267 g/mol. The number of fused-ring (bicyclic) bond motifs is 1. The van der Waals surface area contributed by atoms with Crippen molar-refractivity contribution in [2.75, 3.05) is 0 Å². The molecule has 0 saturated carbocycles. The number of rotatable bonds is 2. The molecule has 0 radical (unpaired) electrons. The van der Waals surface area contributed by atoms with Gasteiger partial charge in [0.1, 0.15) is 6.33 Å². The van der Waals surface area contributed by atoms with Crippen molar-refractivity contribution in [3.63, 3.8) is 0 Å². The van der Waals surface area contributed by atoms with E-state index in [0.717, 1.165) is 19.3 Å². The molecule has 0 amide bonds. The van der Waals surface area contributed by atoms with Gasteiger partial charge in [-0.2, -0.15) is 10.1 Å². The lowest BCUT2D eigenvalue weighted by atomic mass is 9.83. The number of H-pyrrole nitrogens is 1. The lowest BCUT2D eigenvalue weighted by Crippen LogP contribution is -2.11. The summed E-state index contributed by atoms with van der Waals surface area (Å²) in [5.41, 5.74) is 2.68. The Morgan fingerprint density at radius 2 is 2.20 bits per heavy atom. The molecule has 1 aliphatic rings. The zero-order valence-electron chi connectivity index (χ0n) is 10.8. The summed E-state index contributed by atoms with van der Waals surface area (Å²) >= 11 is 0. The van der Waals surface area contributed by atoms with Crippen molar-refractivity contribution < 1.29 is 4.52 Å². The monoisotopic (exact) mass is 267 g/mol. The van der Waals surface area contributed by atoms with Gasteiger partial charge >= 0.3 is 0 Å². The minimum Gasteiger partial charge on any atom is -0.338 e. The van der Waals surface area contributed by atoms with Crippen molar-refractivity contribution in [3.8, 4) is 11.6 Å². The minimum atomic E-state index is 0.184. The maximum absolute atomic E-state index is 5.44. The van der Waals surface area contributed by atoms with Gasteiger partial charge in [0.25, 0.3) is 0 Å². The molecule has 2 heterocycles. The Morgan fingerprint density at radius 3 is 3.10 bits per heavy atom. The molecule has 0 aliphatic heterocycles. The molecule has 6 heteroatoms. The van der Waals surface area contributed by atoms with Gasteiger partial charge in [0.2, 0.25) is 11.7 Å². The second-order valence-electron chi connectivity index (χ2n) is 4.93. The van der Waals surface area contributed by atoms with Crippen LogP contribution >= 0.6 is 0 Å². The van der Waals surface area contributed by atoms with E-state index < -0.39 is 0 Å². The minimum absolute atomic E-state index is 0.184. The van der Waals surface area contributed by atoms with Gasteiger partial charge in [-0.3, -0.25) is 5.10 Å². The van der Waals surface area contributed by atoms with Crippen molar-refractivity contribution in [3.05, 3.63) is 47.6 Å². The van der Waals surface area contributed by atoms with Crippen molar-refractivity contribution in [2.45, 2.75) is 25.2 Å². The highest BCUT2D eigenvalue weighted by Gasteiger charge is 2.26. The Balaban J connectivity index is 1.72. The van der Waals surface area contributed by atoms with E-state index in [9.17, 15) is 0 Å². The molecular formula is C14H13N5O. The molecule has 0 saturated heterocycles. The molecule has 4 rings (SSSR count). The lowest BCUT2D eigenvalue weighted by Gasteiger charge is -2.22. The zero-order chi connectivity index (χ0) is 13.4. The summed E-state index contributed by atoms with van der Waals surface area (Å²) in [5.74, 6) is 1.83. The number of nitrogens with zero attached hydrogens (tertiary/aromatic N) is 4. The molecule has 2 aromatic heterocycles. The normalized spacial score (nSPS) is 17.9. The highest BCUT2D eigenvalue weighted by Crippen LogP contribution is 2.36. The van der Waals surface area contributed by atoms with Crippen LogP contribution in [-0.2, 0) is 6.42 Å². The Kier molecular flexibility index (Phi) is 2.58. The second kappa shape index (κ2) is 4.56. The third kappa shape index (κ3) is 1.80. The number of hydrogen-bond acceptors (Lipinski definition) is 5. The lowest BCUT2D eigenvalue weighted by molar-refractivity contribution is 0.354. The molecule has 1 aliphatic carbocycles. The highest BCUT2D eigenvalue weighted by atomic mass is 16.5. The van der Waals surface area contributed by atoms with Gasteiger partial charge in [-0.05, 0) is 30.4 Å². The van der Waals surface area contributed by atoms with E-state index in [1.807, 2.05) is 0 Å². The fraction of sp³-hybridized carbons (Fsp3) is 0.286. The van der Waals surface area contributed by atoms with Crippen LogP contribution in [0.5, 0.6) is 0 Å². The summed E-state index contributed by atoms with van der Waals surface area (Å²) < 4.78 is 5.44. The van der Waals surface area contributed by atoms with E-state index >= 15 is 0 Å². The number of benzene rings is 1. The summed E-state index contributed by atoms with van der Waals surface area (Å²) in [5, 5.41) is 10.5. The maximum atomic E-state index is 5.44. The number of hydrogen-bond donors (Lipinski definition) is 1. The summed E-state index contributed by atoms with van der Waals surface area (Å²) in [6.45, 7) is 0. The van der Waals surface area contributed by atoms with Crippen LogP contribution < -0.4 is 0 Å². The Hall–Kier alpha value is -2.50. The summed E-state index contributed by atoms with van der Waals surface area (Å²) in [4.78, 5) is 8.50. The fourth-order valence-electron chi connectivity index (χ4n) is 2.80. The van der Waals surface area contributed by atoms with E-state index in [1.54, 1.807) is 0 Å². The van der Waals surface area contributed by atoms with Crippen LogP contribution in [0.2, 0.25) is 0 Å². The van der Waals surface area contributed by atoms with E-state index in [2.05, 4.69) is 49.6 Å². The quantitative estimate of drug-likeness (QED) is 0.770. The predicted molar refractivity (Wildman–Crippen MR) is 70.9 cm³/mol. The maximum Gasteiger partial charge on any atom is 0.239 e. The third-order valence-corrected chi connectivity index (χ3v) is 3.74. The van der Waals surface area contributed by atoms with Crippen LogP contribution in [0.4, 0.5) is 0 Å². The molecule has 100 valence electrons. The predicted octanol–water partition coefficient (Wildman–Crippen LogP) is 2.32. The van der Waals surface area contributed by atoms with Gasteiger partial charge in [-0.15, -0.1) is 0 Å². The summed E-state index contributed by atoms with van der Waals surface area (Å²) in [6, 6.07) is 8.46. The van der Waals surface area contributed by atoms with Crippen LogP contribution in [0, 0.1) is 0 Å². The van der Waals surface area contributed by atoms with Gasteiger partial charge in [-0.1, -0.05) is 29.4 Å². The van der Waals surface area contributed by atoms with Gasteiger partial charge in [-0.25, -0.2) is 4.98 Å². The first-order chi connectivity index (χ1) is 9.92. The number of aryl methyl sites for hydroxylation is 1. The number of nitrogens with one attached hydrogen (secondary N) is 1. The molecule has 20 heavy (non-hydrogen) atoms. The first kappa shape index (κ1) is 11.3.